The molecule has 2 heterocycles. The van der Waals surface area contributed by atoms with Crippen LogP contribution in [0.1, 0.15) is 42.7 Å². The van der Waals surface area contributed by atoms with Crippen LogP contribution in [0.25, 0.3) is 0 Å². The van der Waals surface area contributed by atoms with Crippen molar-refractivity contribution in [2.75, 3.05) is 11.9 Å². The molecule has 1 unspecified atom stereocenters. The highest BCUT2D eigenvalue weighted by atomic mass is 19.4. The third kappa shape index (κ3) is 7.05. The minimum atomic E-state index is -4.47. The van der Waals surface area contributed by atoms with Crippen LogP contribution in [0.2, 0.25) is 0 Å². The van der Waals surface area contributed by atoms with Gasteiger partial charge < -0.3 is 15.4 Å². The monoisotopic (exact) mass is 410 g/mol. The second-order valence-corrected chi connectivity index (χ2v) is 6.60. The van der Waals surface area contributed by atoms with Crippen molar-refractivity contribution >= 4 is 17.6 Å². The van der Waals surface area contributed by atoms with Crippen LogP contribution in [0.4, 0.5) is 19.0 Å². The number of nitrogens with zero attached hydrogens (tertiary/aromatic N) is 2. The lowest BCUT2D eigenvalue weighted by Crippen LogP contribution is -2.27. The molecule has 0 saturated carbocycles. The zero-order chi connectivity index (χ0) is 21.6. The molecule has 0 saturated heterocycles. The maximum absolute atomic E-state index is 12.4. The third-order valence-corrected chi connectivity index (χ3v) is 3.79. The van der Waals surface area contributed by atoms with Crippen LogP contribution in [0.5, 0.6) is 5.88 Å². The summed E-state index contributed by atoms with van der Waals surface area (Å²) in [4.78, 5) is 31.9. The molecule has 2 amide bonds. The van der Waals surface area contributed by atoms with E-state index < -0.39 is 24.7 Å². The first-order valence-corrected chi connectivity index (χ1v) is 8.78. The zero-order valence-electron chi connectivity index (χ0n) is 16.1. The number of amides is 2. The van der Waals surface area contributed by atoms with Crippen LogP contribution in [-0.4, -0.2) is 34.6 Å². The number of pyridine rings is 2. The van der Waals surface area contributed by atoms with E-state index in [1.807, 2.05) is 0 Å². The van der Waals surface area contributed by atoms with Gasteiger partial charge in [0.05, 0.1) is 11.6 Å². The van der Waals surface area contributed by atoms with Gasteiger partial charge in [-0.2, -0.15) is 13.2 Å². The van der Waals surface area contributed by atoms with Crippen molar-refractivity contribution in [3.8, 4) is 5.88 Å². The lowest BCUT2D eigenvalue weighted by Gasteiger charge is -2.16. The summed E-state index contributed by atoms with van der Waals surface area (Å²) in [7, 11) is 0. The molecule has 2 aromatic heterocycles. The molecule has 0 aliphatic rings. The van der Waals surface area contributed by atoms with Crippen LogP contribution in [0.15, 0.2) is 36.7 Å². The Bertz CT molecular complexity index is 855. The van der Waals surface area contributed by atoms with Gasteiger partial charge in [0.15, 0.2) is 6.61 Å². The van der Waals surface area contributed by atoms with Crippen molar-refractivity contribution in [1.82, 2.24) is 15.3 Å². The van der Waals surface area contributed by atoms with Gasteiger partial charge >= 0.3 is 6.18 Å². The van der Waals surface area contributed by atoms with E-state index in [2.05, 4.69) is 25.3 Å². The highest BCUT2D eigenvalue weighted by Crippen LogP contribution is 2.18. The summed E-state index contributed by atoms with van der Waals surface area (Å²) < 4.78 is 40.9. The smallest absolute Gasteiger partial charge is 0.422 e. The highest BCUT2D eigenvalue weighted by Gasteiger charge is 2.28. The summed E-state index contributed by atoms with van der Waals surface area (Å²) in [6.45, 7) is 3.81. The van der Waals surface area contributed by atoms with Crippen molar-refractivity contribution in [3.63, 3.8) is 0 Å². The quantitative estimate of drug-likeness (QED) is 0.729. The fraction of sp³-hybridized carbons (Fsp3) is 0.368. The van der Waals surface area contributed by atoms with Crippen LogP contribution < -0.4 is 15.4 Å². The number of nitrogens with one attached hydrogen (secondary N) is 2. The number of carbonyl (C=O) groups is 2. The molecule has 1 atom stereocenters. The Kier molecular flexibility index (Phi) is 7.13. The molecule has 7 nitrogen and oxygen atoms in total. The molecule has 0 aromatic carbocycles. The number of hydrogen-bond donors (Lipinski definition) is 2. The Morgan fingerprint density at radius 1 is 1.14 bits per heavy atom. The number of alkyl halides is 3. The van der Waals surface area contributed by atoms with Crippen molar-refractivity contribution in [1.29, 1.82) is 0 Å². The first kappa shape index (κ1) is 22.1. The second-order valence-electron chi connectivity index (χ2n) is 6.60. The molecular weight excluding hydrogens is 389 g/mol. The molecule has 156 valence electrons. The molecule has 0 radical (unpaired) electrons. The summed E-state index contributed by atoms with van der Waals surface area (Å²) in [6, 6.07) is 5.44. The average Bonchev–Trinajstić information content (AvgIpc) is 2.66. The maximum Gasteiger partial charge on any atom is 0.422 e. The molecule has 29 heavy (non-hydrogen) atoms. The SMILES string of the molecule is CC(C)C(=O)Nc1cc(C(C)NC(=O)c2ccc(OCC(F)(F)F)nc2)ccn1. The lowest BCUT2D eigenvalue weighted by atomic mass is 10.1. The average molecular weight is 410 g/mol. The van der Waals surface area contributed by atoms with Crippen LogP contribution >= 0.6 is 0 Å². The Hall–Kier alpha value is -3.17. The highest BCUT2D eigenvalue weighted by molar-refractivity contribution is 5.94. The van der Waals surface area contributed by atoms with Gasteiger partial charge in [0, 0.05) is 24.4 Å². The van der Waals surface area contributed by atoms with E-state index in [-0.39, 0.29) is 23.3 Å². The summed E-state index contributed by atoms with van der Waals surface area (Å²) >= 11 is 0. The number of anilines is 1. The fourth-order valence-electron chi connectivity index (χ4n) is 2.17. The van der Waals surface area contributed by atoms with E-state index in [0.717, 1.165) is 6.20 Å². The van der Waals surface area contributed by atoms with Gasteiger partial charge in [-0.05, 0) is 30.7 Å². The number of carbonyl (C=O) groups excluding carboxylic acids is 2. The van der Waals surface area contributed by atoms with Crippen molar-refractivity contribution in [3.05, 3.63) is 47.8 Å². The molecule has 2 aromatic rings. The van der Waals surface area contributed by atoms with Gasteiger partial charge in [-0.15, -0.1) is 0 Å². The minimum absolute atomic E-state index is 0.165. The topological polar surface area (TPSA) is 93.2 Å². The fourth-order valence-corrected chi connectivity index (χ4v) is 2.17. The number of aromatic nitrogens is 2. The van der Waals surface area contributed by atoms with E-state index in [0.29, 0.717) is 11.4 Å². The molecule has 0 bridgehead atoms. The van der Waals surface area contributed by atoms with E-state index in [1.54, 1.807) is 32.9 Å². The van der Waals surface area contributed by atoms with Gasteiger partial charge in [-0.3, -0.25) is 9.59 Å². The van der Waals surface area contributed by atoms with Gasteiger partial charge in [-0.25, -0.2) is 9.97 Å². The summed E-state index contributed by atoms with van der Waals surface area (Å²) in [6.07, 6.45) is -1.82. The normalized spacial score (nSPS) is 12.4. The van der Waals surface area contributed by atoms with E-state index in [9.17, 15) is 22.8 Å². The largest absolute Gasteiger partial charge is 0.468 e. The number of halogens is 3. The second kappa shape index (κ2) is 9.35. The predicted octanol–water partition coefficient (Wildman–Crippen LogP) is 3.50. The van der Waals surface area contributed by atoms with Gasteiger partial charge in [0.25, 0.3) is 5.91 Å². The van der Waals surface area contributed by atoms with E-state index in [4.69, 9.17) is 0 Å². The minimum Gasteiger partial charge on any atom is -0.468 e. The molecule has 0 spiro atoms. The van der Waals surface area contributed by atoms with Gasteiger partial charge in [-0.1, -0.05) is 13.8 Å². The summed E-state index contributed by atoms with van der Waals surface area (Å²) in [5.74, 6) is -0.697. The molecule has 0 aliphatic carbocycles. The molecule has 2 N–H and O–H groups in total. The van der Waals surface area contributed by atoms with Crippen LogP contribution in [0, 0.1) is 5.92 Å². The lowest BCUT2D eigenvalue weighted by molar-refractivity contribution is -0.154. The molecule has 10 heteroatoms. The standard InChI is InChI=1S/C19H21F3N4O3/c1-11(2)17(27)26-15-8-13(6-7-23-15)12(3)25-18(28)14-4-5-16(24-9-14)29-10-19(20,21)22/h4-9,11-12H,10H2,1-3H3,(H,25,28)(H,23,26,27). The number of ether oxygens (including phenoxy) is 1. The Labute approximate surface area is 165 Å². The number of rotatable bonds is 7. The zero-order valence-corrected chi connectivity index (χ0v) is 16.1. The van der Waals surface area contributed by atoms with Crippen LogP contribution in [-0.2, 0) is 4.79 Å². The van der Waals surface area contributed by atoms with E-state index in [1.165, 1.54) is 18.3 Å². The molecular formula is C19H21F3N4O3. The molecule has 0 fully saturated rings. The summed E-state index contributed by atoms with van der Waals surface area (Å²) in [5.41, 5.74) is 0.879. The predicted molar refractivity (Wildman–Crippen MR) is 99.4 cm³/mol. The molecule has 2 rings (SSSR count). The molecule has 0 aliphatic heterocycles. The van der Waals surface area contributed by atoms with Gasteiger partial charge in [0.2, 0.25) is 11.8 Å². The maximum atomic E-state index is 12.4. The Morgan fingerprint density at radius 3 is 2.45 bits per heavy atom. The summed E-state index contributed by atoms with van der Waals surface area (Å²) in [5, 5.41) is 5.43. The van der Waals surface area contributed by atoms with Crippen molar-refractivity contribution in [2.24, 2.45) is 5.92 Å². The first-order chi connectivity index (χ1) is 13.5. The number of hydrogen-bond acceptors (Lipinski definition) is 5. The van der Waals surface area contributed by atoms with Crippen LogP contribution in [0.3, 0.4) is 0 Å². The first-order valence-electron chi connectivity index (χ1n) is 8.78. The van der Waals surface area contributed by atoms with E-state index >= 15 is 0 Å². The Morgan fingerprint density at radius 2 is 1.86 bits per heavy atom. The van der Waals surface area contributed by atoms with Crippen molar-refractivity contribution in [2.45, 2.75) is 33.0 Å². The third-order valence-electron chi connectivity index (χ3n) is 3.79. The Balaban J connectivity index is 1.99. The van der Waals surface area contributed by atoms with Gasteiger partial charge in [0.1, 0.15) is 5.82 Å². The van der Waals surface area contributed by atoms with Crippen molar-refractivity contribution < 1.29 is 27.5 Å².